The second-order valence-corrected chi connectivity index (χ2v) is 3.42. The summed E-state index contributed by atoms with van der Waals surface area (Å²) >= 11 is 0. The molecular weight excluding hydrogens is 214 g/mol. The van der Waals surface area contributed by atoms with Crippen LogP contribution in [0, 0.1) is 18.6 Å². The predicted molar refractivity (Wildman–Crippen MR) is 54.1 cm³/mol. The van der Waals surface area contributed by atoms with Gasteiger partial charge < -0.3 is 5.11 Å². The molecule has 0 fully saturated rings. The lowest BCUT2D eigenvalue weighted by atomic mass is 10.2. The molecule has 0 radical (unpaired) electrons. The second-order valence-electron chi connectivity index (χ2n) is 3.42. The first-order chi connectivity index (χ1) is 7.63. The smallest absolute Gasteiger partial charge is 0.151 e. The van der Waals surface area contributed by atoms with E-state index >= 15 is 0 Å². The highest BCUT2D eigenvalue weighted by molar-refractivity contribution is 5.36. The SMILES string of the molecule is Cc1c(CO)cnn1-c1ccc(F)cc1F. The summed E-state index contributed by atoms with van der Waals surface area (Å²) in [5.74, 6) is -1.32. The van der Waals surface area contributed by atoms with Gasteiger partial charge in [-0.25, -0.2) is 13.5 Å². The summed E-state index contributed by atoms with van der Waals surface area (Å²) in [5.41, 5.74) is 1.41. The Labute approximate surface area is 91.0 Å². The zero-order valence-electron chi connectivity index (χ0n) is 8.61. The highest BCUT2D eigenvalue weighted by Crippen LogP contribution is 2.17. The maximum absolute atomic E-state index is 13.5. The molecule has 0 unspecified atom stereocenters. The number of benzene rings is 1. The molecule has 16 heavy (non-hydrogen) atoms. The van der Waals surface area contributed by atoms with Gasteiger partial charge in [-0.1, -0.05) is 0 Å². The van der Waals surface area contributed by atoms with Gasteiger partial charge in [0.25, 0.3) is 0 Å². The molecule has 1 aromatic carbocycles. The summed E-state index contributed by atoms with van der Waals surface area (Å²) in [4.78, 5) is 0. The van der Waals surface area contributed by atoms with Gasteiger partial charge in [0.2, 0.25) is 0 Å². The van der Waals surface area contributed by atoms with E-state index in [-0.39, 0.29) is 12.3 Å². The minimum absolute atomic E-state index is 0.158. The molecule has 0 atom stereocenters. The lowest BCUT2D eigenvalue weighted by Crippen LogP contribution is -2.02. The van der Waals surface area contributed by atoms with E-state index in [1.54, 1.807) is 6.92 Å². The van der Waals surface area contributed by atoms with Crippen molar-refractivity contribution in [1.82, 2.24) is 9.78 Å². The van der Waals surface area contributed by atoms with Gasteiger partial charge in [-0.2, -0.15) is 5.10 Å². The third-order valence-corrected chi connectivity index (χ3v) is 2.42. The van der Waals surface area contributed by atoms with Crippen LogP contribution in [0.5, 0.6) is 0 Å². The van der Waals surface area contributed by atoms with Crippen LogP contribution < -0.4 is 0 Å². The zero-order chi connectivity index (χ0) is 11.7. The molecular formula is C11H10F2N2O. The van der Waals surface area contributed by atoms with E-state index in [1.807, 2.05) is 0 Å². The standard InChI is InChI=1S/C11H10F2N2O/c1-7-8(6-16)5-14-15(7)11-3-2-9(12)4-10(11)13/h2-5,16H,6H2,1H3. The molecule has 0 spiro atoms. The van der Waals surface area contributed by atoms with Crippen LogP contribution in [0.3, 0.4) is 0 Å². The number of hydrogen-bond acceptors (Lipinski definition) is 2. The van der Waals surface area contributed by atoms with Crippen LogP contribution in [0.4, 0.5) is 8.78 Å². The minimum atomic E-state index is -0.685. The van der Waals surface area contributed by atoms with Crippen molar-refractivity contribution in [2.24, 2.45) is 0 Å². The average molecular weight is 224 g/mol. The highest BCUT2D eigenvalue weighted by Gasteiger charge is 2.11. The molecule has 84 valence electrons. The first-order valence-corrected chi connectivity index (χ1v) is 4.73. The van der Waals surface area contributed by atoms with E-state index in [0.29, 0.717) is 11.3 Å². The minimum Gasteiger partial charge on any atom is -0.392 e. The molecule has 1 N–H and O–H groups in total. The Morgan fingerprint density at radius 1 is 1.38 bits per heavy atom. The zero-order valence-corrected chi connectivity index (χ0v) is 8.61. The van der Waals surface area contributed by atoms with Crippen LogP contribution >= 0.6 is 0 Å². The van der Waals surface area contributed by atoms with Crippen LogP contribution in [-0.2, 0) is 6.61 Å². The van der Waals surface area contributed by atoms with Crippen molar-refractivity contribution in [3.63, 3.8) is 0 Å². The maximum atomic E-state index is 13.5. The van der Waals surface area contributed by atoms with Gasteiger partial charge in [0, 0.05) is 17.3 Å². The molecule has 0 aliphatic carbocycles. The molecule has 0 saturated heterocycles. The van der Waals surface area contributed by atoms with Crippen LogP contribution in [0.1, 0.15) is 11.3 Å². The lowest BCUT2D eigenvalue weighted by molar-refractivity contribution is 0.281. The van der Waals surface area contributed by atoms with Crippen molar-refractivity contribution in [3.05, 3.63) is 47.3 Å². The van der Waals surface area contributed by atoms with Gasteiger partial charge >= 0.3 is 0 Å². The fraction of sp³-hybridized carbons (Fsp3) is 0.182. The molecule has 1 aromatic heterocycles. The third-order valence-electron chi connectivity index (χ3n) is 2.42. The van der Waals surface area contributed by atoms with Crippen molar-refractivity contribution >= 4 is 0 Å². The summed E-state index contributed by atoms with van der Waals surface area (Å²) in [5, 5.41) is 12.9. The fourth-order valence-corrected chi connectivity index (χ4v) is 1.49. The molecule has 0 bridgehead atoms. The van der Waals surface area contributed by atoms with Gasteiger partial charge in [0.1, 0.15) is 11.5 Å². The Balaban J connectivity index is 2.54. The van der Waals surface area contributed by atoms with Crippen molar-refractivity contribution in [2.45, 2.75) is 13.5 Å². The van der Waals surface area contributed by atoms with Gasteiger partial charge in [-0.15, -0.1) is 0 Å². The highest BCUT2D eigenvalue weighted by atomic mass is 19.1. The lowest BCUT2D eigenvalue weighted by Gasteiger charge is -2.06. The van der Waals surface area contributed by atoms with Crippen LogP contribution in [0.2, 0.25) is 0 Å². The van der Waals surface area contributed by atoms with Gasteiger partial charge in [-0.3, -0.25) is 0 Å². The molecule has 2 rings (SSSR count). The average Bonchev–Trinajstić information content (AvgIpc) is 2.60. The van der Waals surface area contributed by atoms with E-state index in [4.69, 9.17) is 5.11 Å². The quantitative estimate of drug-likeness (QED) is 0.846. The Morgan fingerprint density at radius 3 is 2.69 bits per heavy atom. The van der Waals surface area contributed by atoms with Crippen molar-refractivity contribution in [1.29, 1.82) is 0 Å². The molecule has 1 heterocycles. The number of aliphatic hydroxyl groups excluding tert-OH is 1. The Kier molecular flexibility index (Phi) is 2.70. The van der Waals surface area contributed by atoms with Crippen LogP contribution in [0.15, 0.2) is 24.4 Å². The molecule has 0 aliphatic heterocycles. The molecule has 0 amide bonds. The molecule has 0 saturated carbocycles. The molecule has 3 nitrogen and oxygen atoms in total. The topological polar surface area (TPSA) is 38.1 Å². The maximum Gasteiger partial charge on any atom is 0.151 e. The van der Waals surface area contributed by atoms with Crippen molar-refractivity contribution in [2.75, 3.05) is 0 Å². The predicted octanol–water partition coefficient (Wildman–Crippen LogP) is 1.95. The summed E-state index contributed by atoms with van der Waals surface area (Å²) < 4.78 is 27.5. The monoisotopic (exact) mass is 224 g/mol. The summed E-state index contributed by atoms with van der Waals surface area (Å²) in [6.07, 6.45) is 1.46. The number of hydrogen-bond donors (Lipinski definition) is 1. The number of rotatable bonds is 2. The van der Waals surface area contributed by atoms with E-state index in [2.05, 4.69) is 5.10 Å². The van der Waals surface area contributed by atoms with E-state index < -0.39 is 11.6 Å². The van der Waals surface area contributed by atoms with Crippen molar-refractivity contribution in [3.8, 4) is 5.69 Å². The van der Waals surface area contributed by atoms with Gasteiger partial charge in [0.15, 0.2) is 5.82 Å². The van der Waals surface area contributed by atoms with Crippen LogP contribution in [-0.4, -0.2) is 14.9 Å². The number of aromatic nitrogens is 2. The third kappa shape index (κ3) is 1.69. The molecule has 0 aliphatic rings. The molecule has 5 heteroatoms. The van der Waals surface area contributed by atoms with Crippen molar-refractivity contribution < 1.29 is 13.9 Å². The first kappa shape index (κ1) is 10.8. The normalized spacial score (nSPS) is 10.8. The second kappa shape index (κ2) is 4.02. The summed E-state index contributed by atoms with van der Waals surface area (Å²) in [6.45, 7) is 1.55. The number of aliphatic hydroxyl groups is 1. The van der Waals surface area contributed by atoms with E-state index in [1.165, 1.54) is 16.9 Å². The van der Waals surface area contributed by atoms with Crippen LogP contribution in [0.25, 0.3) is 5.69 Å². The Hall–Kier alpha value is -1.75. The van der Waals surface area contributed by atoms with E-state index in [9.17, 15) is 8.78 Å². The first-order valence-electron chi connectivity index (χ1n) is 4.73. The molecule has 2 aromatic rings. The summed E-state index contributed by atoms with van der Waals surface area (Å²) in [6, 6.07) is 3.28. The van der Waals surface area contributed by atoms with E-state index in [0.717, 1.165) is 12.1 Å². The number of nitrogens with zero attached hydrogens (tertiary/aromatic N) is 2. The van der Waals surface area contributed by atoms with Gasteiger partial charge in [-0.05, 0) is 19.1 Å². The fourth-order valence-electron chi connectivity index (χ4n) is 1.49. The Bertz CT molecular complexity index is 523. The largest absolute Gasteiger partial charge is 0.392 e. The number of halogens is 2. The Morgan fingerprint density at radius 2 is 2.12 bits per heavy atom. The summed E-state index contributed by atoms with van der Waals surface area (Å²) in [7, 11) is 0. The van der Waals surface area contributed by atoms with Gasteiger partial charge in [0.05, 0.1) is 12.8 Å².